The van der Waals surface area contributed by atoms with Crippen LogP contribution < -0.4 is 4.90 Å². The Labute approximate surface area is 141 Å². The summed E-state index contributed by atoms with van der Waals surface area (Å²) in [5, 5.41) is 1.35. The molecule has 1 saturated heterocycles. The second kappa shape index (κ2) is 6.73. The van der Waals surface area contributed by atoms with Crippen LogP contribution in [0.25, 0.3) is 10.2 Å². The van der Waals surface area contributed by atoms with Crippen LogP contribution in [0, 0.1) is 0 Å². The lowest BCUT2D eigenvalue weighted by Gasteiger charge is -2.29. The second-order valence-corrected chi connectivity index (χ2v) is 7.64. The molecule has 0 atom stereocenters. The van der Waals surface area contributed by atoms with Gasteiger partial charge in [-0.1, -0.05) is 13.3 Å². The second-order valence-electron chi connectivity index (χ2n) is 6.56. The van der Waals surface area contributed by atoms with Gasteiger partial charge >= 0.3 is 0 Å². The number of morpholine rings is 1. The van der Waals surface area contributed by atoms with Crippen molar-refractivity contribution in [1.82, 2.24) is 9.97 Å². The summed E-state index contributed by atoms with van der Waals surface area (Å²) in [4.78, 5) is 15.1. The Kier molecular flexibility index (Phi) is 4.49. The van der Waals surface area contributed by atoms with E-state index in [1.165, 1.54) is 54.6 Å². The topological polar surface area (TPSA) is 38.2 Å². The maximum absolute atomic E-state index is 5.54. The highest BCUT2D eigenvalue weighted by Crippen LogP contribution is 2.40. The average Bonchev–Trinajstić information content (AvgIpc) is 2.98. The van der Waals surface area contributed by atoms with E-state index in [-0.39, 0.29) is 0 Å². The van der Waals surface area contributed by atoms with Gasteiger partial charge in [-0.25, -0.2) is 9.97 Å². The number of aryl methyl sites for hydroxylation is 3. The quantitative estimate of drug-likeness (QED) is 0.855. The summed E-state index contributed by atoms with van der Waals surface area (Å²) in [5.41, 5.74) is 1.54. The summed E-state index contributed by atoms with van der Waals surface area (Å²) in [6, 6.07) is 0. The molecular weight excluding hydrogens is 306 g/mol. The highest BCUT2D eigenvalue weighted by Gasteiger charge is 2.24. The van der Waals surface area contributed by atoms with Gasteiger partial charge in [0.2, 0.25) is 0 Å². The number of anilines is 1. The number of ether oxygens (including phenoxy) is 1. The Morgan fingerprint density at radius 3 is 2.78 bits per heavy atom. The van der Waals surface area contributed by atoms with Crippen molar-refractivity contribution < 1.29 is 4.74 Å². The molecule has 5 heteroatoms. The third kappa shape index (κ3) is 2.96. The van der Waals surface area contributed by atoms with Crippen molar-refractivity contribution in [3.63, 3.8) is 0 Å². The Morgan fingerprint density at radius 1 is 1.13 bits per heavy atom. The van der Waals surface area contributed by atoms with Gasteiger partial charge in [0.25, 0.3) is 0 Å². The molecule has 4 nitrogen and oxygen atoms in total. The summed E-state index contributed by atoms with van der Waals surface area (Å²) in [7, 11) is 0. The SMILES string of the molecule is CCCCc1nc(N2CCOCC2)c2c3c(sc2n1)CCCC3. The van der Waals surface area contributed by atoms with E-state index in [0.29, 0.717) is 0 Å². The van der Waals surface area contributed by atoms with Gasteiger partial charge in [0.1, 0.15) is 16.5 Å². The largest absolute Gasteiger partial charge is 0.378 e. The minimum atomic E-state index is 0.808. The zero-order valence-electron chi connectivity index (χ0n) is 13.9. The van der Waals surface area contributed by atoms with Crippen LogP contribution in [0.15, 0.2) is 0 Å². The number of thiophene rings is 1. The number of hydrogen-bond acceptors (Lipinski definition) is 5. The standard InChI is InChI=1S/C18H25N3OS/c1-2-3-8-15-19-17(21-9-11-22-12-10-21)16-13-6-4-5-7-14(13)23-18(16)20-15/h2-12H2,1H3. The van der Waals surface area contributed by atoms with E-state index < -0.39 is 0 Å². The molecule has 23 heavy (non-hydrogen) atoms. The highest BCUT2D eigenvalue weighted by atomic mass is 32.1. The molecule has 124 valence electrons. The minimum absolute atomic E-state index is 0.808. The summed E-state index contributed by atoms with van der Waals surface area (Å²) in [5.74, 6) is 2.21. The summed E-state index contributed by atoms with van der Waals surface area (Å²) in [6.07, 6.45) is 8.40. The molecule has 4 rings (SSSR count). The van der Waals surface area contributed by atoms with E-state index in [9.17, 15) is 0 Å². The first-order valence-corrected chi connectivity index (χ1v) is 9.82. The van der Waals surface area contributed by atoms with Gasteiger partial charge in [0.05, 0.1) is 18.6 Å². The van der Waals surface area contributed by atoms with Gasteiger partial charge in [0, 0.05) is 24.4 Å². The van der Waals surface area contributed by atoms with Crippen LogP contribution in [0.3, 0.4) is 0 Å². The molecule has 0 bridgehead atoms. The van der Waals surface area contributed by atoms with Crippen LogP contribution >= 0.6 is 11.3 Å². The zero-order chi connectivity index (χ0) is 15.6. The van der Waals surface area contributed by atoms with Crippen LogP contribution in [0.1, 0.15) is 48.9 Å². The molecule has 0 saturated carbocycles. The van der Waals surface area contributed by atoms with Gasteiger partial charge in [-0.15, -0.1) is 11.3 Å². The van der Waals surface area contributed by atoms with Gasteiger partial charge in [-0.05, 0) is 37.7 Å². The normalized spacial score (nSPS) is 18.4. The monoisotopic (exact) mass is 331 g/mol. The summed E-state index contributed by atoms with van der Waals surface area (Å²) >= 11 is 1.92. The molecule has 0 amide bonds. The van der Waals surface area contributed by atoms with E-state index in [4.69, 9.17) is 14.7 Å². The fraction of sp³-hybridized carbons (Fsp3) is 0.667. The van der Waals surface area contributed by atoms with E-state index in [2.05, 4.69) is 11.8 Å². The lowest BCUT2D eigenvalue weighted by Crippen LogP contribution is -2.37. The predicted octanol–water partition coefficient (Wildman–Crippen LogP) is 3.75. The Balaban J connectivity index is 1.82. The van der Waals surface area contributed by atoms with Crippen molar-refractivity contribution in [3.8, 4) is 0 Å². The molecule has 1 aliphatic carbocycles. The lowest BCUT2D eigenvalue weighted by molar-refractivity contribution is 0.122. The number of nitrogens with zero attached hydrogens (tertiary/aromatic N) is 3. The highest BCUT2D eigenvalue weighted by molar-refractivity contribution is 7.19. The van der Waals surface area contributed by atoms with E-state index in [1.807, 2.05) is 11.3 Å². The van der Waals surface area contributed by atoms with Crippen molar-refractivity contribution in [3.05, 3.63) is 16.3 Å². The average molecular weight is 331 g/mol. The molecular formula is C18H25N3OS. The lowest BCUT2D eigenvalue weighted by atomic mass is 9.97. The van der Waals surface area contributed by atoms with Gasteiger partial charge in [-0.3, -0.25) is 0 Å². The molecule has 0 N–H and O–H groups in total. The van der Waals surface area contributed by atoms with Gasteiger partial charge in [-0.2, -0.15) is 0 Å². The molecule has 0 unspecified atom stereocenters. The summed E-state index contributed by atoms with van der Waals surface area (Å²) in [6.45, 7) is 5.74. The van der Waals surface area contributed by atoms with Crippen LogP contribution in [-0.2, 0) is 24.0 Å². The van der Waals surface area contributed by atoms with Crippen LogP contribution in [0.4, 0.5) is 5.82 Å². The van der Waals surface area contributed by atoms with Crippen molar-refractivity contribution in [1.29, 1.82) is 0 Å². The van der Waals surface area contributed by atoms with Gasteiger partial charge < -0.3 is 9.64 Å². The fourth-order valence-electron chi connectivity index (χ4n) is 3.63. The van der Waals surface area contributed by atoms with E-state index in [1.54, 1.807) is 10.4 Å². The fourth-order valence-corrected chi connectivity index (χ4v) is 4.91. The van der Waals surface area contributed by atoms with Crippen LogP contribution in [0.2, 0.25) is 0 Å². The maximum Gasteiger partial charge on any atom is 0.141 e. The number of aromatic nitrogens is 2. The van der Waals surface area contributed by atoms with Crippen LogP contribution in [-0.4, -0.2) is 36.3 Å². The van der Waals surface area contributed by atoms with E-state index in [0.717, 1.165) is 38.5 Å². The molecule has 3 heterocycles. The third-order valence-electron chi connectivity index (χ3n) is 4.91. The number of hydrogen-bond donors (Lipinski definition) is 0. The number of unbranched alkanes of at least 4 members (excludes halogenated alkanes) is 1. The van der Waals surface area contributed by atoms with Gasteiger partial charge in [0.15, 0.2) is 0 Å². The van der Waals surface area contributed by atoms with E-state index >= 15 is 0 Å². The molecule has 1 aliphatic heterocycles. The van der Waals surface area contributed by atoms with Crippen molar-refractivity contribution in [2.45, 2.75) is 51.9 Å². The molecule has 1 fully saturated rings. The molecule has 0 radical (unpaired) electrons. The number of rotatable bonds is 4. The van der Waals surface area contributed by atoms with Crippen molar-refractivity contribution in [2.24, 2.45) is 0 Å². The van der Waals surface area contributed by atoms with Crippen molar-refractivity contribution >= 4 is 27.4 Å². The maximum atomic E-state index is 5.54. The molecule has 0 aromatic carbocycles. The molecule has 2 aliphatic rings. The Bertz CT molecular complexity index is 691. The Morgan fingerprint density at radius 2 is 1.96 bits per heavy atom. The Hall–Kier alpha value is -1.20. The first-order valence-electron chi connectivity index (χ1n) is 9.00. The smallest absolute Gasteiger partial charge is 0.141 e. The zero-order valence-corrected chi connectivity index (χ0v) is 14.8. The minimum Gasteiger partial charge on any atom is -0.378 e. The third-order valence-corrected chi connectivity index (χ3v) is 6.09. The summed E-state index contributed by atoms with van der Waals surface area (Å²) < 4.78 is 5.54. The van der Waals surface area contributed by atoms with Crippen molar-refractivity contribution in [2.75, 3.05) is 31.2 Å². The molecule has 2 aromatic heterocycles. The van der Waals surface area contributed by atoms with Crippen LogP contribution in [0.5, 0.6) is 0 Å². The first kappa shape index (κ1) is 15.3. The number of fused-ring (bicyclic) bond motifs is 3. The molecule has 0 spiro atoms. The first-order chi connectivity index (χ1) is 11.4. The molecule has 2 aromatic rings. The predicted molar refractivity (Wildman–Crippen MR) is 95.7 cm³/mol.